The number of benzene rings is 2. The molecule has 0 atom stereocenters. The standard InChI is InChI=1S/C16H11FN2O/c17-12-6-2-4-8-14(12)19-16(20)15-10-9-11-5-1-3-7-13(11)18-15/h1-10H,(H,19,20). The van der Waals surface area contributed by atoms with Crippen molar-refractivity contribution in [2.75, 3.05) is 5.32 Å². The lowest BCUT2D eigenvalue weighted by molar-refractivity contribution is 0.102. The molecule has 3 rings (SSSR count). The lowest BCUT2D eigenvalue weighted by Crippen LogP contribution is -2.14. The van der Waals surface area contributed by atoms with Gasteiger partial charge in [-0.1, -0.05) is 36.4 Å². The third-order valence-corrected chi connectivity index (χ3v) is 2.95. The first-order valence-corrected chi connectivity index (χ1v) is 6.16. The van der Waals surface area contributed by atoms with Gasteiger partial charge in [0.2, 0.25) is 0 Å². The Balaban J connectivity index is 1.91. The fourth-order valence-corrected chi connectivity index (χ4v) is 1.94. The first-order chi connectivity index (χ1) is 9.74. The molecule has 0 radical (unpaired) electrons. The van der Waals surface area contributed by atoms with Crippen molar-refractivity contribution in [2.45, 2.75) is 0 Å². The van der Waals surface area contributed by atoms with E-state index in [-0.39, 0.29) is 11.4 Å². The van der Waals surface area contributed by atoms with E-state index in [4.69, 9.17) is 0 Å². The van der Waals surface area contributed by atoms with E-state index in [1.54, 1.807) is 18.2 Å². The van der Waals surface area contributed by atoms with Crippen molar-refractivity contribution in [1.82, 2.24) is 4.98 Å². The van der Waals surface area contributed by atoms with Crippen LogP contribution in [0.25, 0.3) is 10.9 Å². The maximum absolute atomic E-state index is 13.5. The maximum Gasteiger partial charge on any atom is 0.274 e. The number of halogens is 1. The second kappa shape index (κ2) is 5.09. The summed E-state index contributed by atoms with van der Waals surface area (Å²) in [5.41, 5.74) is 1.13. The molecule has 1 heterocycles. The SMILES string of the molecule is O=C(Nc1ccccc1F)c1ccc2ccccc2n1. The van der Waals surface area contributed by atoms with Crippen LogP contribution >= 0.6 is 0 Å². The summed E-state index contributed by atoms with van der Waals surface area (Å²) in [6.45, 7) is 0. The minimum Gasteiger partial charge on any atom is -0.318 e. The number of amides is 1. The van der Waals surface area contributed by atoms with Crippen LogP contribution in [0.4, 0.5) is 10.1 Å². The Hall–Kier alpha value is -2.75. The number of carbonyl (C=O) groups excluding carboxylic acids is 1. The molecule has 3 nitrogen and oxygen atoms in total. The number of rotatable bonds is 2. The van der Waals surface area contributed by atoms with Gasteiger partial charge in [0.05, 0.1) is 11.2 Å². The zero-order chi connectivity index (χ0) is 13.9. The van der Waals surface area contributed by atoms with E-state index >= 15 is 0 Å². The summed E-state index contributed by atoms with van der Waals surface area (Å²) < 4.78 is 13.5. The van der Waals surface area contributed by atoms with Crippen molar-refractivity contribution in [3.05, 3.63) is 72.2 Å². The molecule has 0 aliphatic rings. The van der Waals surface area contributed by atoms with Gasteiger partial charge in [0.25, 0.3) is 5.91 Å². The normalized spacial score (nSPS) is 10.4. The second-order valence-corrected chi connectivity index (χ2v) is 4.32. The van der Waals surface area contributed by atoms with Crippen LogP contribution in [0.3, 0.4) is 0 Å². The Labute approximate surface area is 115 Å². The molecule has 1 amide bonds. The highest BCUT2D eigenvalue weighted by atomic mass is 19.1. The molecule has 1 aromatic heterocycles. The van der Waals surface area contributed by atoms with Crippen LogP contribution in [0.15, 0.2) is 60.7 Å². The van der Waals surface area contributed by atoms with Gasteiger partial charge < -0.3 is 5.32 Å². The van der Waals surface area contributed by atoms with Crippen molar-refractivity contribution < 1.29 is 9.18 Å². The third kappa shape index (κ3) is 2.36. The largest absolute Gasteiger partial charge is 0.318 e. The molecule has 0 aliphatic heterocycles. The molecule has 0 saturated heterocycles. The van der Waals surface area contributed by atoms with E-state index in [0.717, 1.165) is 10.9 Å². The third-order valence-electron chi connectivity index (χ3n) is 2.95. The summed E-state index contributed by atoms with van der Waals surface area (Å²) >= 11 is 0. The monoisotopic (exact) mass is 266 g/mol. The number of para-hydroxylation sites is 2. The van der Waals surface area contributed by atoms with E-state index in [2.05, 4.69) is 10.3 Å². The Morgan fingerprint density at radius 3 is 2.55 bits per heavy atom. The molecular formula is C16H11FN2O. The molecule has 0 unspecified atom stereocenters. The predicted octanol–water partition coefficient (Wildman–Crippen LogP) is 3.63. The minimum atomic E-state index is -0.471. The fourth-order valence-electron chi connectivity index (χ4n) is 1.94. The van der Waals surface area contributed by atoms with Crippen molar-refractivity contribution in [3.63, 3.8) is 0 Å². The molecule has 0 aliphatic carbocycles. The molecule has 1 N–H and O–H groups in total. The van der Waals surface area contributed by atoms with Gasteiger partial charge >= 0.3 is 0 Å². The molecule has 20 heavy (non-hydrogen) atoms. The van der Waals surface area contributed by atoms with E-state index in [0.29, 0.717) is 0 Å². The molecule has 2 aromatic carbocycles. The first kappa shape index (κ1) is 12.3. The van der Waals surface area contributed by atoms with Crippen LogP contribution in [0.2, 0.25) is 0 Å². The molecule has 3 aromatic rings. The van der Waals surface area contributed by atoms with Gasteiger partial charge in [-0.25, -0.2) is 9.37 Å². The summed E-state index contributed by atoms with van der Waals surface area (Å²) in [5, 5.41) is 3.47. The smallest absolute Gasteiger partial charge is 0.274 e. The van der Waals surface area contributed by atoms with Crippen LogP contribution in [-0.4, -0.2) is 10.9 Å². The van der Waals surface area contributed by atoms with E-state index in [1.165, 1.54) is 12.1 Å². The molecule has 4 heteroatoms. The van der Waals surface area contributed by atoms with Gasteiger partial charge in [0, 0.05) is 5.39 Å². The van der Waals surface area contributed by atoms with Crippen LogP contribution in [-0.2, 0) is 0 Å². The number of carbonyl (C=O) groups is 1. The average molecular weight is 266 g/mol. The Kier molecular flexibility index (Phi) is 3.13. The average Bonchev–Trinajstić information content (AvgIpc) is 2.49. The maximum atomic E-state index is 13.5. The molecule has 0 saturated carbocycles. The molecule has 98 valence electrons. The lowest BCUT2D eigenvalue weighted by atomic mass is 10.2. The zero-order valence-electron chi connectivity index (χ0n) is 10.5. The van der Waals surface area contributed by atoms with E-state index in [1.807, 2.05) is 30.3 Å². The Morgan fingerprint density at radius 2 is 1.70 bits per heavy atom. The number of fused-ring (bicyclic) bond motifs is 1. The van der Waals surface area contributed by atoms with Gasteiger partial charge in [0.15, 0.2) is 0 Å². The first-order valence-electron chi connectivity index (χ1n) is 6.16. The highest BCUT2D eigenvalue weighted by Crippen LogP contribution is 2.15. The number of pyridine rings is 1. The summed E-state index contributed by atoms with van der Waals surface area (Å²) in [5.74, 6) is -0.900. The number of aromatic nitrogens is 1. The minimum absolute atomic E-state index is 0.146. The highest BCUT2D eigenvalue weighted by molar-refractivity contribution is 6.04. The molecule has 0 fully saturated rings. The van der Waals surface area contributed by atoms with Gasteiger partial charge in [-0.2, -0.15) is 0 Å². The van der Waals surface area contributed by atoms with E-state index in [9.17, 15) is 9.18 Å². The Bertz CT molecular complexity index is 786. The number of anilines is 1. The topological polar surface area (TPSA) is 42.0 Å². The van der Waals surface area contributed by atoms with Gasteiger partial charge in [-0.05, 0) is 24.3 Å². The summed E-state index contributed by atoms with van der Waals surface area (Å²) in [6, 6.07) is 17.0. The molecule has 0 bridgehead atoms. The van der Waals surface area contributed by atoms with Crippen LogP contribution in [0.1, 0.15) is 10.5 Å². The van der Waals surface area contributed by atoms with Gasteiger partial charge in [-0.15, -0.1) is 0 Å². The summed E-state index contributed by atoms with van der Waals surface area (Å²) in [6.07, 6.45) is 0. The van der Waals surface area contributed by atoms with E-state index < -0.39 is 11.7 Å². The van der Waals surface area contributed by atoms with Crippen molar-refractivity contribution in [2.24, 2.45) is 0 Å². The number of nitrogens with one attached hydrogen (secondary N) is 1. The van der Waals surface area contributed by atoms with Gasteiger partial charge in [0.1, 0.15) is 11.5 Å². The summed E-state index contributed by atoms with van der Waals surface area (Å²) in [7, 11) is 0. The van der Waals surface area contributed by atoms with Crippen molar-refractivity contribution in [3.8, 4) is 0 Å². The highest BCUT2D eigenvalue weighted by Gasteiger charge is 2.10. The number of hydrogen-bond donors (Lipinski definition) is 1. The second-order valence-electron chi connectivity index (χ2n) is 4.32. The van der Waals surface area contributed by atoms with Crippen molar-refractivity contribution >= 4 is 22.5 Å². The molecular weight excluding hydrogens is 255 g/mol. The van der Waals surface area contributed by atoms with Crippen LogP contribution in [0.5, 0.6) is 0 Å². The van der Waals surface area contributed by atoms with Crippen LogP contribution < -0.4 is 5.32 Å². The van der Waals surface area contributed by atoms with Crippen LogP contribution in [0, 0.1) is 5.82 Å². The number of hydrogen-bond acceptors (Lipinski definition) is 2. The number of nitrogens with zero attached hydrogens (tertiary/aromatic N) is 1. The fraction of sp³-hybridized carbons (Fsp3) is 0. The van der Waals surface area contributed by atoms with Crippen molar-refractivity contribution in [1.29, 1.82) is 0 Å². The van der Waals surface area contributed by atoms with Gasteiger partial charge in [-0.3, -0.25) is 4.79 Å². The molecule has 0 spiro atoms. The lowest BCUT2D eigenvalue weighted by Gasteiger charge is -2.06. The summed E-state index contributed by atoms with van der Waals surface area (Å²) in [4.78, 5) is 16.3. The quantitative estimate of drug-likeness (QED) is 0.769. The zero-order valence-corrected chi connectivity index (χ0v) is 10.5. The Morgan fingerprint density at radius 1 is 0.950 bits per heavy atom. The predicted molar refractivity (Wildman–Crippen MR) is 76.1 cm³/mol.